The number of hydrogen-bond acceptors (Lipinski definition) is 7. The van der Waals surface area contributed by atoms with Crippen molar-refractivity contribution in [2.45, 2.75) is 31.9 Å². The Labute approximate surface area is 179 Å². The number of aryl methyl sites for hydroxylation is 1. The maximum atomic E-state index is 12.8. The Balaban J connectivity index is 1.39. The lowest BCUT2D eigenvalue weighted by molar-refractivity contribution is -0.0310. The number of nitrogen functional groups attached to an aromatic ring is 1. The molecule has 5 heterocycles. The highest BCUT2D eigenvalue weighted by molar-refractivity contribution is 6.04. The second-order valence-electron chi connectivity index (χ2n) is 8.40. The molecule has 2 aliphatic heterocycles. The van der Waals surface area contributed by atoms with E-state index in [2.05, 4.69) is 15.0 Å². The van der Waals surface area contributed by atoms with Crippen LogP contribution in [-0.2, 0) is 11.3 Å². The van der Waals surface area contributed by atoms with Gasteiger partial charge < -0.3 is 29.9 Å². The third-order valence-electron chi connectivity index (χ3n) is 6.35. The van der Waals surface area contributed by atoms with E-state index in [1.54, 1.807) is 6.20 Å². The third kappa shape index (κ3) is 3.55. The molecule has 0 radical (unpaired) electrons. The van der Waals surface area contributed by atoms with Crippen LogP contribution < -0.4 is 5.73 Å². The summed E-state index contributed by atoms with van der Waals surface area (Å²) in [7, 11) is 0. The predicted octanol–water partition coefficient (Wildman–Crippen LogP) is 1.15. The van der Waals surface area contributed by atoms with Gasteiger partial charge in [-0.25, -0.2) is 14.8 Å². The molecule has 2 fully saturated rings. The minimum atomic E-state index is -0.945. The molecule has 2 aliphatic rings. The van der Waals surface area contributed by atoms with Crippen molar-refractivity contribution in [1.29, 1.82) is 0 Å². The van der Waals surface area contributed by atoms with Crippen molar-refractivity contribution in [3.05, 3.63) is 24.2 Å². The summed E-state index contributed by atoms with van der Waals surface area (Å²) in [5.74, 6) is 1.11. The van der Waals surface area contributed by atoms with Crippen LogP contribution in [0.5, 0.6) is 0 Å². The van der Waals surface area contributed by atoms with Crippen molar-refractivity contribution in [3.63, 3.8) is 0 Å². The lowest BCUT2D eigenvalue weighted by atomic mass is 9.91. The van der Waals surface area contributed by atoms with Gasteiger partial charge in [0, 0.05) is 32.4 Å². The smallest absolute Gasteiger partial charge is 0.320 e. The second-order valence-corrected chi connectivity index (χ2v) is 8.40. The molecule has 0 spiro atoms. The molecule has 3 aromatic heterocycles. The van der Waals surface area contributed by atoms with E-state index in [-0.39, 0.29) is 6.03 Å². The van der Waals surface area contributed by atoms with Crippen molar-refractivity contribution >= 4 is 33.9 Å². The molecule has 0 bridgehead atoms. The number of imidazole rings is 1. The predicted molar refractivity (Wildman–Crippen MR) is 116 cm³/mol. The highest BCUT2D eigenvalue weighted by Gasteiger charge is 2.36. The monoisotopic (exact) mass is 425 g/mol. The number of nitrogens with zero attached hydrogens (tertiary/aromatic N) is 6. The standard InChI is InChI=1S/C21H27N7O3/c1-14-24-17-18(16-15(25-19(17)22)3-2-6-23-16)28(14)13-21(30)4-7-26(8-5-21)20(29)27-9-11-31-12-10-27/h2-3,6,30H,4-5,7-13H2,1H3,(H2,22,25). The number of aromatic nitrogens is 4. The number of aliphatic hydroxyl groups is 1. The third-order valence-corrected chi connectivity index (χ3v) is 6.35. The highest BCUT2D eigenvalue weighted by Crippen LogP contribution is 2.31. The number of pyridine rings is 2. The van der Waals surface area contributed by atoms with E-state index in [0.717, 1.165) is 16.9 Å². The number of urea groups is 1. The number of fused-ring (bicyclic) bond motifs is 3. The van der Waals surface area contributed by atoms with Gasteiger partial charge in [0.25, 0.3) is 0 Å². The van der Waals surface area contributed by atoms with Gasteiger partial charge >= 0.3 is 6.03 Å². The lowest BCUT2D eigenvalue weighted by Gasteiger charge is -2.41. The van der Waals surface area contributed by atoms with Crippen LogP contribution in [0.1, 0.15) is 18.7 Å². The molecule has 2 saturated heterocycles. The molecule has 10 heteroatoms. The van der Waals surface area contributed by atoms with Gasteiger partial charge in [-0.15, -0.1) is 0 Å². The molecule has 164 valence electrons. The number of carbonyl (C=O) groups is 1. The van der Waals surface area contributed by atoms with E-state index >= 15 is 0 Å². The summed E-state index contributed by atoms with van der Waals surface area (Å²) in [4.78, 5) is 29.9. The molecular formula is C21H27N7O3. The number of piperidine rings is 1. The molecule has 3 N–H and O–H groups in total. The van der Waals surface area contributed by atoms with Crippen LogP contribution in [0, 0.1) is 6.92 Å². The molecule has 0 saturated carbocycles. The van der Waals surface area contributed by atoms with Crippen LogP contribution in [-0.4, -0.2) is 85.5 Å². The van der Waals surface area contributed by atoms with Crippen LogP contribution in [0.3, 0.4) is 0 Å². The molecule has 0 unspecified atom stereocenters. The first-order valence-corrected chi connectivity index (χ1v) is 10.7. The largest absolute Gasteiger partial charge is 0.388 e. The van der Waals surface area contributed by atoms with Crippen LogP contribution in [0.25, 0.3) is 22.1 Å². The van der Waals surface area contributed by atoms with Gasteiger partial charge in [0.05, 0.1) is 30.9 Å². The summed E-state index contributed by atoms with van der Waals surface area (Å²) in [5.41, 5.74) is 8.03. The molecule has 2 amide bonds. The van der Waals surface area contributed by atoms with Gasteiger partial charge in [0.1, 0.15) is 22.4 Å². The number of carbonyl (C=O) groups excluding carboxylic acids is 1. The van der Waals surface area contributed by atoms with E-state index in [1.807, 2.05) is 33.4 Å². The van der Waals surface area contributed by atoms with Crippen molar-refractivity contribution < 1.29 is 14.6 Å². The van der Waals surface area contributed by atoms with Crippen LogP contribution in [0.4, 0.5) is 10.6 Å². The number of likely N-dealkylation sites (tertiary alicyclic amines) is 1. The van der Waals surface area contributed by atoms with Gasteiger partial charge in [-0.2, -0.15) is 0 Å². The number of morpholine rings is 1. The van der Waals surface area contributed by atoms with Crippen LogP contribution in [0.2, 0.25) is 0 Å². The average molecular weight is 425 g/mol. The normalized spacial score (nSPS) is 19.3. The van der Waals surface area contributed by atoms with Gasteiger partial charge in [-0.3, -0.25) is 4.98 Å². The Morgan fingerprint density at radius 3 is 2.61 bits per heavy atom. The Morgan fingerprint density at radius 2 is 1.87 bits per heavy atom. The summed E-state index contributed by atoms with van der Waals surface area (Å²) in [6.07, 6.45) is 2.71. The zero-order chi connectivity index (χ0) is 21.6. The lowest BCUT2D eigenvalue weighted by Crippen LogP contribution is -2.54. The fourth-order valence-corrected chi connectivity index (χ4v) is 4.55. The fraction of sp³-hybridized carbons (Fsp3) is 0.524. The van der Waals surface area contributed by atoms with E-state index in [1.165, 1.54) is 0 Å². The topological polar surface area (TPSA) is 123 Å². The minimum Gasteiger partial charge on any atom is -0.388 e. The minimum absolute atomic E-state index is 0.0312. The van der Waals surface area contributed by atoms with Gasteiger partial charge in [0.15, 0.2) is 5.82 Å². The maximum absolute atomic E-state index is 12.8. The first-order chi connectivity index (χ1) is 15.0. The van der Waals surface area contributed by atoms with E-state index in [9.17, 15) is 9.90 Å². The highest BCUT2D eigenvalue weighted by atomic mass is 16.5. The van der Waals surface area contributed by atoms with Crippen molar-refractivity contribution in [2.24, 2.45) is 0 Å². The number of ether oxygens (including phenoxy) is 1. The van der Waals surface area contributed by atoms with Gasteiger partial charge in [-0.05, 0) is 31.9 Å². The Bertz CT molecular complexity index is 1130. The molecule has 0 atom stereocenters. The summed E-state index contributed by atoms with van der Waals surface area (Å²) in [6, 6.07) is 3.72. The van der Waals surface area contributed by atoms with Crippen molar-refractivity contribution in [1.82, 2.24) is 29.3 Å². The van der Waals surface area contributed by atoms with Crippen LogP contribution in [0.15, 0.2) is 18.3 Å². The zero-order valence-electron chi connectivity index (χ0n) is 17.6. The first-order valence-electron chi connectivity index (χ1n) is 10.7. The summed E-state index contributed by atoms with van der Waals surface area (Å²) < 4.78 is 7.32. The molecule has 0 aromatic carbocycles. The Morgan fingerprint density at radius 1 is 1.16 bits per heavy atom. The summed E-state index contributed by atoms with van der Waals surface area (Å²) in [5, 5.41) is 11.4. The molecule has 0 aliphatic carbocycles. The second kappa shape index (κ2) is 7.61. The van der Waals surface area contributed by atoms with Gasteiger partial charge in [0.2, 0.25) is 0 Å². The number of amides is 2. The Hall–Kier alpha value is -2.98. The molecular weight excluding hydrogens is 398 g/mol. The molecule has 31 heavy (non-hydrogen) atoms. The number of rotatable bonds is 2. The number of anilines is 1. The van der Waals surface area contributed by atoms with E-state index < -0.39 is 5.60 Å². The maximum Gasteiger partial charge on any atom is 0.320 e. The summed E-state index contributed by atoms with van der Waals surface area (Å²) >= 11 is 0. The van der Waals surface area contributed by atoms with Gasteiger partial charge in [-0.1, -0.05) is 0 Å². The van der Waals surface area contributed by atoms with E-state index in [0.29, 0.717) is 75.6 Å². The average Bonchev–Trinajstić information content (AvgIpc) is 3.11. The van der Waals surface area contributed by atoms with Crippen LogP contribution >= 0.6 is 0 Å². The fourth-order valence-electron chi connectivity index (χ4n) is 4.55. The SMILES string of the molecule is Cc1nc2c(N)nc3cccnc3c2n1CC1(O)CCN(C(=O)N2CCOCC2)CC1. The summed E-state index contributed by atoms with van der Waals surface area (Å²) in [6.45, 7) is 5.69. The molecule has 10 nitrogen and oxygen atoms in total. The van der Waals surface area contributed by atoms with Crippen molar-refractivity contribution in [2.75, 3.05) is 45.1 Å². The number of hydrogen-bond donors (Lipinski definition) is 2. The van der Waals surface area contributed by atoms with E-state index in [4.69, 9.17) is 10.5 Å². The Kier molecular flexibility index (Phi) is 4.90. The van der Waals surface area contributed by atoms with Crippen molar-refractivity contribution in [3.8, 4) is 0 Å². The molecule has 5 rings (SSSR count). The zero-order valence-corrected chi connectivity index (χ0v) is 17.6. The molecule has 3 aromatic rings. The first kappa shape index (κ1) is 20.0. The number of nitrogens with two attached hydrogens (primary N) is 1. The quantitative estimate of drug-likeness (QED) is 0.631.